The first-order valence-electron chi connectivity index (χ1n) is 8.19. The summed E-state index contributed by atoms with van der Waals surface area (Å²) in [6, 6.07) is 10.7. The second-order valence-corrected chi connectivity index (χ2v) is 8.05. The number of carbonyl (C=O) groups excluding carboxylic acids is 2. The lowest BCUT2D eigenvalue weighted by molar-refractivity contribution is -0.143. The van der Waals surface area contributed by atoms with Gasteiger partial charge in [0.2, 0.25) is 0 Å². The lowest BCUT2D eigenvalue weighted by Gasteiger charge is -2.08. The first-order valence-corrected chi connectivity index (χ1v) is 10.2. The third-order valence-electron chi connectivity index (χ3n) is 3.89. The fourth-order valence-corrected chi connectivity index (χ4v) is 4.30. The largest absolute Gasteiger partial charge is 0.465 e. The van der Waals surface area contributed by atoms with Crippen LogP contribution in [-0.2, 0) is 16.1 Å². The third-order valence-corrected chi connectivity index (χ3v) is 5.84. The van der Waals surface area contributed by atoms with Gasteiger partial charge in [0.15, 0.2) is 4.80 Å². The van der Waals surface area contributed by atoms with Crippen LogP contribution in [0.5, 0.6) is 0 Å². The first-order chi connectivity index (χ1) is 12.9. The van der Waals surface area contributed by atoms with Crippen molar-refractivity contribution in [1.29, 1.82) is 0 Å². The number of aryl methyl sites for hydroxylation is 1. The molecule has 0 unspecified atom stereocenters. The van der Waals surface area contributed by atoms with Crippen molar-refractivity contribution in [3.8, 4) is 0 Å². The second-order valence-electron chi connectivity index (χ2n) is 5.72. The second kappa shape index (κ2) is 8.37. The summed E-state index contributed by atoms with van der Waals surface area (Å²) in [5.41, 5.74) is 2.06. The molecule has 0 saturated heterocycles. The lowest BCUT2D eigenvalue weighted by Crippen LogP contribution is -2.23. The Bertz CT molecular complexity index is 1100. The Kier molecular flexibility index (Phi) is 6.14. The van der Waals surface area contributed by atoms with Crippen LogP contribution in [0.4, 0.5) is 0 Å². The average Bonchev–Trinajstić information content (AvgIpc) is 2.96. The number of nitrogens with zero attached hydrogens (tertiary/aromatic N) is 2. The molecule has 0 N–H and O–H groups in total. The summed E-state index contributed by atoms with van der Waals surface area (Å²) < 4.78 is 8.45. The van der Waals surface area contributed by atoms with Crippen LogP contribution in [-0.4, -0.2) is 23.1 Å². The van der Waals surface area contributed by atoms with Gasteiger partial charge in [-0.1, -0.05) is 44.9 Å². The van der Waals surface area contributed by atoms with E-state index in [2.05, 4.69) is 20.9 Å². The molecule has 0 aliphatic heterocycles. The molecule has 3 rings (SSSR count). The minimum atomic E-state index is -0.395. The van der Waals surface area contributed by atoms with Gasteiger partial charge in [0.05, 0.1) is 16.8 Å². The van der Waals surface area contributed by atoms with E-state index < -0.39 is 5.97 Å². The molecule has 1 heterocycles. The number of thiazole rings is 1. The van der Waals surface area contributed by atoms with Gasteiger partial charge in [-0.25, -0.2) is 0 Å². The summed E-state index contributed by atoms with van der Waals surface area (Å²) in [6.45, 7) is 3.86. The molecule has 0 bridgehead atoms. The molecule has 1 aromatic heterocycles. The first kappa shape index (κ1) is 19.8. The highest BCUT2D eigenvalue weighted by Gasteiger charge is 2.16. The van der Waals surface area contributed by atoms with Crippen LogP contribution < -0.4 is 4.80 Å². The molecule has 0 spiro atoms. The topological polar surface area (TPSA) is 60.7 Å². The van der Waals surface area contributed by atoms with Gasteiger partial charge in [-0.05, 0) is 49.7 Å². The lowest BCUT2D eigenvalue weighted by atomic mass is 10.2. The van der Waals surface area contributed by atoms with E-state index in [4.69, 9.17) is 16.3 Å². The zero-order valence-corrected chi connectivity index (χ0v) is 17.8. The molecule has 27 heavy (non-hydrogen) atoms. The number of hydrogen-bond acceptors (Lipinski definition) is 4. The molecular weight excluding hydrogens is 452 g/mol. The number of ether oxygens (including phenoxy) is 1. The minimum Gasteiger partial charge on any atom is -0.465 e. The molecule has 5 nitrogen and oxygen atoms in total. The van der Waals surface area contributed by atoms with Crippen molar-refractivity contribution in [2.75, 3.05) is 6.61 Å². The van der Waals surface area contributed by atoms with E-state index in [0.717, 1.165) is 20.3 Å². The van der Waals surface area contributed by atoms with Crippen molar-refractivity contribution in [1.82, 2.24) is 4.57 Å². The summed E-state index contributed by atoms with van der Waals surface area (Å²) in [7, 11) is 0. The Hall–Kier alpha value is -1.96. The van der Waals surface area contributed by atoms with Crippen LogP contribution in [0, 0.1) is 6.92 Å². The summed E-state index contributed by atoms with van der Waals surface area (Å²) in [4.78, 5) is 29.4. The standard InChI is InChI=1S/C19H16BrClN2O3S/c1-3-26-16(24)10-23-17-11(2)14(21)7-8-15(17)27-19(23)22-18(25)12-5-4-6-13(20)9-12/h4-9H,3,10H2,1-2H3. The number of rotatable bonds is 4. The molecular formula is C19H16BrClN2O3S. The number of aromatic nitrogens is 1. The normalized spacial score (nSPS) is 11.8. The van der Waals surface area contributed by atoms with Gasteiger partial charge in [0, 0.05) is 15.1 Å². The predicted octanol–water partition coefficient (Wildman–Crippen LogP) is 4.73. The average molecular weight is 468 g/mol. The van der Waals surface area contributed by atoms with Crippen LogP contribution >= 0.6 is 38.9 Å². The summed E-state index contributed by atoms with van der Waals surface area (Å²) in [5, 5.41) is 0.586. The van der Waals surface area contributed by atoms with Crippen LogP contribution in [0.2, 0.25) is 5.02 Å². The fourth-order valence-electron chi connectivity index (χ4n) is 2.66. The Morgan fingerprint density at radius 2 is 2.07 bits per heavy atom. The maximum atomic E-state index is 12.6. The van der Waals surface area contributed by atoms with Gasteiger partial charge in [0.1, 0.15) is 6.54 Å². The highest BCUT2D eigenvalue weighted by atomic mass is 79.9. The zero-order chi connectivity index (χ0) is 19.6. The molecule has 0 atom stereocenters. The zero-order valence-electron chi connectivity index (χ0n) is 14.7. The van der Waals surface area contributed by atoms with Gasteiger partial charge in [-0.2, -0.15) is 4.99 Å². The van der Waals surface area contributed by atoms with Crippen molar-refractivity contribution in [2.45, 2.75) is 20.4 Å². The quantitative estimate of drug-likeness (QED) is 0.521. The number of hydrogen-bond donors (Lipinski definition) is 0. The maximum absolute atomic E-state index is 12.6. The Labute approximate surface area is 173 Å². The third kappa shape index (κ3) is 4.31. The van der Waals surface area contributed by atoms with Crippen molar-refractivity contribution >= 4 is 61.0 Å². The monoisotopic (exact) mass is 466 g/mol. The molecule has 0 saturated carbocycles. The van der Waals surface area contributed by atoms with Gasteiger partial charge in [-0.15, -0.1) is 0 Å². The number of amides is 1. The molecule has 1 amide bonds. The fraction of sp³-hybridized carbons (Fsp3) is 0.211. The number of carbonyl (C=O) groups is 2. The van der Waals surface area contributed by atoms with Crippen LogP contribution in [0.3, 0.4) is 0 Å². The van der Waals surface area contributed by atoms with E-state index in [1.54, 1.807) is 35.8 Å². The van der Waals surface area contributed by atoms with Crippen LogP contribution in [0.15, 0.2) is 45.9 Å². The Morgan fingerprint density at radius 3 is 2.78 bits per heavy atom. The maximum Gasteiger partial charge on any atom is 0.326 e. The van der Waals surface area contributed by atoms with E-state index in [1.807, 2.05) is 19.1 Å². The SMILES string of the molecule is CCOC(=O)Cn1c(=NC(=O)c2cccc(Br)c2)sc2ccc(Cl)c(C)c21. The van der Waals surface area contributed by atoms with E-state index in [1.165, 1.54) is 11.3 Å². The van der Waals surface area contributed by atoms with Crippen molar-refractivity contribution < 1.29 is 14.3 Å². The molecule has 0 radical (unpaired) electrons. The van der Waals surface area contributed by atoms with E-state index in [9.17, 15) is 9.59 Å². The Balaban J connectivity index is 2.17. The molecule has 0 aliphatic carbocycles. The van der Waals surface area contributed by atoms with Gasteiger partial charge in [0.25, 0.3) is 5.91 Å². The minimum absolute atomic E-state index is 0.0420. The van der Waals surface area contributed by atoms with Crippen LogP contribution in [0.1, 0.15) is 22.8 Å². The van der Waals surface area contributed by atoms with Crippen molar-refractivity contribution in [2.24, 2.45) is 4.99 Å². The van der Waals surface area contributed by atoms with E-state index in [-0.39, 0.29) is 19.1 Å². The molecule has 2 aromatic carbocycles. The number of fused-ring (bicyclic) bond motifs is 1. The number of esters is 1. The molecule has 0 aliphatic rings. The summed E-state index contributed by atoms with van der Waals surface area (Å²) >= 11 is 10.9. The highest BCUT2D eigenvalue weighted by molar-refractivity contribution is 9.10. The molecule has 140 valence electrons. The highest BCUT2D eigenvalue weighted by Crippen LogP contribution is 2.27. The van der Waals surface area contributed by atoms with Gasteiger partial charge >= 0.3 is 5.97 Å². The number of halogens is 2. The Morgan fingerprint density at radius 1 is 1.30 bits per heavy atom. The van der Waals surface area contributed by atoms with E-state index in [0.29, 0.717) is 15.4 Å². The van der Waals surface area contributed by atoms with Crippen molar-refractivity contribution in [3.63, 3.8) is 0 Å². The predicted molar refractivity (Wildman–Crippen MR) is 110 cm³/mol. The van der Waals surface area contributed by atoms with Gasteiger partial charge < -0.3 is 9.30 Å². The molecule has 3 aromatic rings. The summed E-state index contributed by atoms with van der Waals surface area (Å²) in [5.74, 6) is -0.780. The van der Waals surface area contributed by atoms with Gasteiger partial charge in [-0.3, -0.25) is 9.59 Å². The molecule has 0 fully saturated rings. The van der Waals surface area contributed by atoms with Crippen molar-refractivity contribution in [3.05, 3.63) is 61.8 Å². The van der Waals surface area contributed by atoms with E-state index >= 15 is 0 Å². The molecule has 8 heteroatoms. The summed E-state index contributed by atoms with van der Waals surface area (Å²) in [6.07, 6.45) is 0. The number of benzene rings is 2. The van der Waals surface area contributed by atoms with Crippen LogP contribution in [0.25, 0.3) is 10.2 Å². The smallest absolute Gasteiger partial charge is 0.326 e.